The summed E-state index contributed by atoms with van der Waals surface area (Å²) in [6.45, 7) is 6.58. The molecule has 2 amide bonds. The van der Waals surface area contributed by atoms with Crippen molar-refractivity contribution in [2.75, 3.05) is 26.2 Å². The summed E-state index contributed by atoms with van der Waals surface area (Å²) < 4.78 is 5.85. The van der Waals surface area contributed by atoms with E-state index in [1.54, 1.807) is 0 Å². The van der Waals surface area contributed by atoms with Crippen LogP contribution in [0.1, 0.15) is 69.3 Å². The number of likely N-dealkylation sites (tertiary alicyclic amines) is 1. The number of thiazole rings is 1. The lowest BCUT2D eigenvalue weighted by molar-refractivity contribution is 0.0536. The zero-order chi connectivity index (χ0) is 21.8. The number of hydrogen-bond acceptors (Lipinski definition) is 5. The topological polar surface area (TPSA) is 71.5 Å². The molecule has 1 saturated heterocycles. The minimum atomic E-state index is -0.0789. The molecule has 7 heteroatoms. The molecule has 31 heavy (non-hydrogen) atoms. The van der Waals surface area contributed by atoms with Gasteiger partial charge in [-0.15, -0.1) is 11.3 Å². The second kappa shape index (κ2) is 9.39. The Labute approximate surface area is 188 Å². The summed E-state index contributed by atoms with van der Waals surface area (Å²) in [6.07, 6.45) is 6.10. The maximum atomic E-state index is 13.0. The lowest BCUT2D eigenvalue weighted by Crippen LogP contribution is -2.48. The van der Waals surface area contributed by atoms with Gasteiger partial charge < -0.3 is 15.0 Å². The number of nitrogens with zero attached hydrogens (tertiary/aromatic N) is 2. The van der Waals surface area contributed by atoms with Gasteiger partial charge in [0.25, 0.3) is 11.8 Å². The first-order valence-corrected chi connectivity index (χ1v) is 12.0. The Kier molecular flexibility index (Phi) is 6.60. The van der Waals surface area contributed by atoms with E-state index in [1.807, 2.05) is 43.0 Å². The molecule has 166 valence electrons. The first-order valence-electron chi connectivity index (χ1n) is 11.2. The summed E-state index contributed by atoms with van der Waals surface area (Å²) >= 11 is 1.48. The maximum Gasteiger partial charge on any atom is 0.265 e. The molecule has 0 aliphatic carbocycles. The average Bonchev–Trinajstić information content (AvgIpc) is 3.12. The molecule has 0 saturated carbocycles. The highest BCUT2D eigenvalue weighted by atomic mass is 32.1. The number of benzene rings is 1. The number of fused-ring (bicyclic) bond motifs is 1. The second-order valence-corrected chi connectivity index (χ2v) is 9.98. The molecule has 0 atom stereocenters. The van der Waals surface area contributed by atoms with Crippen LogP contribution in [0, 0.1) is 19.3 Å². The number of piperidine rings is 1. The van der Waals surface area contributed by atoms with Crippen molar-refractivity contribution in [1.82, 2.24) is 15.2 Å². The van der Waals surface area contributed by atoms with E-state index in [-0.39, 0.29) is 17.2 Å². The van der Waals surface area contributed by atoms with Crippen molar-refractivity contribution in [3.05, 3.63) is 45.4 Å². The first-order chi connectivity index (χ1) is 15.0. The van der Waals surface area contributed by atoms with Gasteiger partial charge >= 0.3 is 0 Å². The van der Waals surface area contributed by atoms with Crippen LogP contribution >= 0.6 is 11.3 Å². The minimum Gasteiger partial charge on any atom is -0.493 e. The third-order valence-corrected chi connectivity index (χ3v) is 7.63. The summed E-state index contributed by atoms with van der Waals surface area (Å²) in [6, 6.07) is 7.46. The normalized spacial score (nSPS) is 19.5. The van der Waals surface area contributed by atoms with E-state index in [0.29, 0.717) is 24.5 Å². The van der Waals surface area contributed by atoms with Gasteiger partial charge in [-0.1, -0.05) is 25.0 Å². The summed E-state index contributed by atoms with van der Waals surface area (Å²) in [5, 5.41) is 4.11. The lowest BCUT2D eigenvalue weighted by Gasteiger charge is -2.42. The van der Waals surface area contributed by atoms with Crippen LogP contribution in [0.5, 0.6) is 5.75 Å². The van der Waals surface area contributed by atoms with Crippen LogP contribution in [-0.4, -0.2) is 47.9 Å². The molecule has 0 unspecified atom stereocenters. The van der Waals surface area contributed by atoms with Gasteiger partial charge in [0, 0.05) is 19.6 Å². The Morgan fingerprint density at radius 1 is 1.13 bits per heavy atom. The Morgan fingerprint density at radius 2 is 1.90 bits per heavy atom. The Hall–Kier alpha value is -2.41. The zero-order valence-corrected chi connectivity index (χ0v) is 19.2. The maximum absolute atomic E-state index is 13.0. The standard InChI is InChI=1S/C24H31N3O3S/c1-17-21(31-18(2)26-17)23(29)27-13-11-24(12-14-27)10-6-3-7-15-30-20-9-5-4-8-19(20)22(28)25-16-24/h4-5,8-9H,3,6-7,10-16H2,1-2H3,(H,25,28). The van der Waals surface area contributed by atoms with E-state index in [0.717, 1.165) is 67.2 Å². The van der Waals surface area contributed by atoms with Gasteiger partial charge in [-0.2, -0.15) is 0 Å². The number of aromatic nitrogens is 1. The fourth-order valence-electron chi connectivity index (χ4n) is 4.68. The van der Waals surface area contributed by atoms with Crippen molar-refractivity contribution < 1.29 is 14.3 Å². The lowest BCUT2D eigenvalue weighted by atomic mass is 9.74. The molecule has 2 aromatic rings. The molecule has 1 spiro atoms. The second-order valence-electron chi connectivity index (χ2n) is 8.78. The summed E-state index contributed by atoms with van der Waals surface area (Å²) in [5.41, 5.74) is 1.47. The van der Waals surface area contributed by atoms with Crippen LogP contribution in [0.4, 0.5) is 0 Å². The van der Waals surface area contributed by atoms with Crippen molar-refractivity contribution >= 4 is 23.2 Å². The van der Waals surface area contributed by atoms with Crippen LogP contribution in [0.2, 0.25) is 0 Å². The first kappa shape index (κ1) is 21.8. The number of aryl methyl sites for hydroxylation is 2. The SMILES string of the molecule is Cc1nc(C)c(C(=O)N2CCC3(CCCCCOc4ccccc4C(=O)NC3)CC2)s1. The van der Waals surface area contributed by atoms with Crippen LogP contribution in [0.25, 0.3) is 0 Å². The smallest absolute Gasteiger partial charge is 0.265 e. The predicted molar refractivity (Wildman–Crippen MR) is 122 cm³/mol. The van der Waals surface area contributed by atoms with E-state index >= 15 is 0 Å². The number of carbonyl (C=O) groups excluding carboxylic acids is 2. The Bertz CT molecular complexity index is 947. The van der Waals surface area contributed by atoms with E-state index in [1.165, 1.54) is 11.3 Å². The largest absolute Gasteiger partial charge is 0.493 e. The van der Waals surface area contributed by atoms with Crippen molar-refractivity contribution in [3.8, 4) is 5.75 Å². The molecule has 6 nitrogen and oxygen atoms in total. The van der Waals surface area contributed by atoms with E-state index in [4.69, 9.17) is 4.74 Å². The zero-order valence-electron chi connectivity index (χ0n) is 18.4. The molecule has 2 aliphatic heterocycles. The summed E-state index contributed by atoms with van der Waals surface area (Å²) in [5.74, 6) is 0.677. The number of nitrogens with one attached hydrogen (secondary N) is 1. The van der Waals surface area contributed by atoms with Crippen LogP contribution < -0.4 is 10.1 Å². The monoisotopic (exact) mass is 441 g/mol. The Morgan fingerprint density at radius 3 is 2.65 bits per heavy atom. The molecule has 1 N–H and O–H groups in total. The highest BCUT2D eigenvalue weighted by Gasteiger charge is 2.37. The molecule has 3 heterocycles. The molecule has 4 rings (SSSR count). The van der Waals surface area contributed by atoms with Gasteiger partial charge in [-0.25, -0.2) is 4.98 Å². The molecule has 1 fully saturated rings. The number of amides is 2. The quantitative estimate of drug-likeness (QED) is 0.714. The van der Waals surface area contributed by atoms with Crippen LogP contribution in [0.3, 0.4) is 0 Å². The molecule has 2 aliphatic rings. The highest BCUT2D eigenvalue weighted by molar-refractivity contribution is 7.13. The minimum absolute atomic E-state index is 0.0418. The van der Waals surface area contributed by atoms with Crippen molar-refractivity contribution in [2.24, 2.45) is 5.41 Å². The van der Waals surface area contributed by atoms with E-state index in [2.05, 4.69) is 10.3 Å². The van der Waals surface area contributed by atoms with Crippen LogP contribution in [-0.2, 0) is 0 Å². The van der Waals surface area contributed by atoms with Crippen molar-refractivity contribution in [3.63, 3.8) is 0 Å². The molecular formula is C24H31N3O3S. The third-order valence-electron chi connectivity index (χ3n) is 6.57. The third kappa shape index (κ3) is 4.92. The highest BCUT2D eigenvalue weighted by Crippen LogP contribution is 2.37. The fraction of sp³-hybridized carbons (Fsp3) is 0.542. The number of carbonyl (C=O) groups is 2. The fourth-order valence-corrected chi connectivity index (χ4v) is 5.56. The van der Waals surface area contributed by atoms with Gasteiger partial charge in [0.1, 0.15) is 10.6 Å². The average molecular weight is 442 g/mol. The van der Waals surface area contributed by atoms with Gasteiger partial charge in [-0.05, 0) is 57.1 Å². The molecule has 0 bridgehead atoms. The van der Waals surface area contributed by atoms with E-state index in [9.17, 15) is 9.59 Å². The van der Waals surface area contributed by atoms with Crippen molar-refractivity contribution in [1.29, 1.82) is 0 Å². The predicted octanol–water partition coefficient (Wildman–Crippen LogP) is 4.37. The Balaban J connectivity index is 1.45. The van der Waals surface area contributed by atoms with Crippen LogP contribution in [0.15, 0.2) is 24.3 Å². The molecule has 1 aromatic carbocycles. The number of ether oxygens (including phenoxy) is 1. The van der Waals surface area contributed by atoms with Gasteiger partial charge in [0.05, 0.1) is 22.9 Å². The number of para-hydroxylation sites is 1. The van der Waals surface area contributed by atoms with Crippen molar-refractivity contribution in [2.45, 2.75) is 52.4 Å². The number of hydrogen-bond donors (Lipinski definition) is 1. The van der Waals surface area contributed by atoms with Gasteiger partial charge in [0.15, 0.2) is 0 Å². The summed E-state index contributed by atoms with van der Waals surface area (Å²) in [4.78, 5) is 33.0. The van der Waals surface area contributed by atoms with Gasteiger partial charge in [-0.3, -0.25) is 9.59 Å². The molecular weight excluding hydrogens is 410 g/mol. The molecule has 1 aromatic heterocycles. The number of rotatable bonds is 1. The summed E-state index contributed by atoms with van der Waals surface area (Å²) in [7, 11) is 0. The van der Waals surface area contributed by atoms with Gasteiger partial charge in [0.2, 0.25) is 0 Å². The molecule has 0 radical (unpaired) electrons. The van der Waals surface area contributed by atoms with E-state index < -0.39 is 0 Å².